The molecule has 5 nitrogen and oxygen atoms in total. The van der Waals surface area contributed by atoms with Crippen LogP contribution in [0.4, 0.5) is 4.39 Å². The van der Waals surface area contributed by atoms with Gasteiger partial charge in [0, 0.05) is 0 Å². The summed E-state index contributed by atoms with van der Waals surface area (Å²) in [6, 6.07) is 5.81. The van der Waals surface area contributed by atoms with E-state index < -0.39 is 20.8 Å². The van der Waals surface area contributed by atoms with E-state index in [2.05, 4.69) is 4.99 Å². The predicted octanol–water partition coefficient (Wildman–Crippen LogP) is 0.789. The average molecular weight is 256 g/mol. The highest BCUT2D eigenvalue weighted by Crippen LogP contribution is 2.18. The fourth-order valence-electron chi connectivity index (χ4n) is 1.25. The number of aliphatic imine (C=N–C) groups is 1. The summed E-state index contributed by atoms with van der Waals surface area (Å²) in [5.74, 6) is -0.489. The van der Waals surface area contributed by atoms with Crippen LogP contribution >= 0.6 is 0 Å². The molecular weight excluding hydrogens is 247 g/mol. The zero-order chi connectivity index (χ0) is 12.5. The van der Waals surface area contributed by atoms with Gasteiger partial charge in [-0.1, -0.05) is 12.1 Å². The Hall–Kier alpha value is -1.89. The molecule has 17 heavy (non-hydrogen) atoms. The number of amidine groups is 1. The van der Waals surface area contributed by atoms with Gasteiger partial charge in [0.2, 0.25) is 15.0 Å². The average Bonchev–Trinajstić information content (AvgIpc) is 2.52. The Morgan fingerprint density at radius 3 is 2.65 bits per heavy atom. The van der Waals surface area contributed by atoms with Gasteiger partial charge in [-0.2, -0.15) is 0 Å². The third kappa shape index (κ3) is 2.44. The molecule has 0 atom stereocenters. The molecule has 0 unspecified atom stereocenters. The van der Waals surface area contributed by atoms with Crippen LogP contribution in [0.5, 0.6) is 5.75 Å². The monoisotopic (exact) mass is 256 g/mol. The molecule has 1 aliphatic rings. The number of hydrogen-bond acceptors (Lipinski definition) is 5. The van der Waals surface area contributed by atoms with Crippen LogP contribution in [0.2, 0.25) is 0 Å². The maximum Gasteiger partial charge on any atom is 0.234 e. The molecule has 0 saturated heterocycles. The summed E-state index contributed by atoms with van der Waals surface area (Å²) in [5, 5.41) is 0.438. The van der Waals surface area contributed by atoms with Gasteiger partial charge < -0.3 is 10.5 Å². The molecule has 0 saturated carbocycles. The smallest absolute Gasteiger partial charge is 0.234 e. The van der Waals surface area contributed by atoms with Crippen molar-refractivity contribution in [3.8, 4) is 5.75 Å². The largest absolute Gasteiger partial charge is 0.484 e. The van der Waals surface area contributed by atoms with E-state index in [1.165, 1.54) is 18.2 Å². The molecule has 90 valence electrons. The molecule has 1 aromatic carbocycles. The van der Waals surface area contributed by atoms with E-state index in [-0.39, 0.29) is 18.1 Å². The fraction of sp³-hybridized carbons (Fsp3) is 0.100. The minimum atomic E-state index is -3.60. The second kappa shape index (κ2) is 4.17. The maximum absolute atomic E-state index is 13.2. The van der Waals surface area contributed by atoms with Gasteiger partial charge in [0.15, 0.2) is 11.6 Å². The van der Waals surface area contributed by atoms with Crippen molar-refractivity contribution < 1.29 is 17.5 Å². The molecule has 1 heterocycles. The number of halogens is 1. The standard InChI is InChI=1S/C10H9FN2O3S/c11-8-3-1-2-4-9(8)16-5-7-6-17(14,15)10(12)13-7/h1-4,6H,5H2,(H2,12,13). The number of ether oxygens (including phenoxy) is 1. The summed E-state index contributed by atoms with van der Waals surface area (Å²) in [4.78, 5) is 3.61. The van der Waals surface area contributed by atoms with Crippen molar-refractivity contribution >= 4 is 15.0 Å². The molecule has 1 aliphatic heterocycles. The SMILES string of the molecule is NC1=NC(COc2ccccc2F)=CS1(=O)=O. The van der Waals surface area contributed by atoms with Crippen molar-refractivity contribution in [2.24, 2.45) is 10.7 Å². The Balaban J connectivity index is 2.09. The molecule has 2 rings (SSSR count). The molecule has 0 radical (unpaired) electrons. The minimum absolute atomic E-state index is 0.0338. The Morgan fingerprint density at radius 1 is 1.35 bits per heavy atom. The first-order valence-corrected chi connectivity index (χ1v) is 6.21. The van der Waals surface area contributed by atoms with Crippen LogP contribution in [0, 0.1) is 5.82 Å². The second-order valence-electron chi connectivity index (χ2n) is 3.32. The van der Waals surface area contributed by atoms with Crippen LogP contribution in [0.1, 0.15) is 0 Å². The van der Waals surface area contributed by atoms with Gasteiger partial charge in [-0.25, -0.2) is 17.8 Å². The number of sulfone groups is 1. The van der Waals surface area contributed by atoms with Crippen molar-refractivity contribution in [2.75, 3.05) is 6.61 Å². The first-order chi connectivity index (χ1) is 7.99. The predicted molar refractivity (Wildman–Crippen MR) is 60.5 cm³/mol. The van der Waals surface area contributed by atoms with E-state index in [1.807, 2.05) is 0 Å². The summed E-state index contributed by atoms with van der Waals surface area (Å²) in [5.41, 5.74) is 5.33. The molecule has 0 spiro atoms. The minimum Gasteiger partial charge on any atom is -0.484 e. The van der Waals surface area contributed by atoms with Crippen molar-refractivity contribution in [1.82, 2.24) is 0 Å². The first-order valence-electron chi connectivity index (χ1n) is 4.66. The number of nitrogens with two attached hydrogens (primary N) is 1. The Kier molecular flexibility index (Phi) is 2.84. The van der Waals surface area contributed by atoms with Crippen LogP contribution in [-0.4, -0.2) is 20.2 Å². The third-order valence-corrected chi connectivity index (χ3v) is 3.31. The quantitative estimate of drug-likeness (QED) is 0.866. The van der Waals surface area contributed by atoms with Crippen molar-refractivity contribution in [2.45, 2.75) is 0 Å². The lowest BCUT2D eigenvalue weighted by Gasteiger charge is -2.05. The second-order valence-corrected chi connectivity index (χ2v) is 5.07. The number of hydrogen-bond donors (Lipinski definition) is 1. The number of rotatable bonds is 3. The van der Waals surface area contributed by atoms with Gasteiger partial charge in [0.25, 0.3) is 0 Å². The Bertz CT molecular complexity index is 608. The highest BCUT2D eigenvalue weighted by molar-refractivity contribution is 8.09. The third-order valence-electron chi connectivity index (χ3n) is 2.05. The van der Waals surface area contributed by atoms with Crippen molar-refractivity contribution in [3.05, 3.63) is 41.2 Å². The van der Waals surface area contributed by atoms with E-state index in [0.29, 0.717) is 0 Å². The summed E-state index contributed by atoms with van der Waals surface area (Å²) in [7, 11) is -3.60. The molecular formula is C10H9FN2O3S. The maximum atomic E-state index is 13.2. The lowest BCUT2D eigenvalue weighted by molar-refractivity contribution is 0.331. The van der Waals surface area contributed by atoms with Crippen LogP contribution in [0.25, 0.3) is 0 Å². The first kappa shape index (κ1) is 11.6. The van der Waals surface area contributed by atoms with Crippen LogP contribution < -0.4 is 10.5 Å². The van der Waals surface area contributed by atoms with Gasteiger partial charge in [-0.05, 0) is 12.1 Å². The molecule has 0 aliphatic carbocycles. The molecule has 7 heteroatoms. The zero-order valence-electron chi connectivity index (χ0n) is 8.63. The van der Waals surface area contributed by atoms with Gasteiger partial charge in [0.05, 0.1) is 11.1 Å². The van der Waals surface area contributed by atoms with Gasteiger partial charge >= 0.3 is 0 Å². The Morgan fingerprint density at radius 2 is 2.06 bits per heavy atom. The van der Waals surface area contributed by atoms with Crippen LogP contribution in [0.15, 0.2) is 40.4 Å². The van der Waals surface area contributed by atoms with Crippen molar-refractivity contribution in [1.29, 1.82) is 0 Å². The van der Waals surface area contributed by atoms with E-state index in [9.17, 15) is 12.8 Å². The summed E-state index contributed by atoms with van der Waals surface area (Å²) >= 11 is 0. The summed E-state index contributed by atoms with van der Waals surface area (Å²) < 4.78 is 40.6. The Labute approximate surface area is 97.3 Å². The molecule has 0 fully saturated rings. The topological polar surface area (TPSA) is 81.8 Å². The summed E-state index contributed by atoms with van der Waals surface area (Å²) in [6.45, 7) is -0.152. The van der Waals surface area contributed by atoms with E-state index >= 15 is 0 Å². The van der Waals surface area contributed by atoms with Crippen LogP contribution in [0.3, 0.4) is 0 Å². The van der Waals surface area contributed by atoms with E-state index in [1.54, 1.807) is 6.07 Å². The number of para-hydroxylation sites is 1. The van der Waals surface area contributed by atoms with Gasteiger partial charge in [-0.15, -0.1) is 0 Å². The lowest BCUT2D eigenvalue weighted by atomic mass is 10.3. The normalized spacial score (nSPS) is 17.5. The highest BCUT2D eigenvalue weighted by atomic mass is 32.2. The van der Waals surface area contributed by atoms with E-state index in [0.717, 1.165) is 5.41 Å². The molecule has 0 aromatic heterocycles. The number of benzene rings is 1. The fourth-order valence-corrected chi connectivity index (χ4v) is 2.09. The van der Waals surface area contributed by atoms with Gasteiger partial charge in [-0.3, -0.25) is 0 Å². The zero-order valence-corrected chi connectivity index (χ0v) is 9.45. The summed E-state index contributed by atoms with van der Waals surface area (Å²) in [6.07, 6.45) is 0. The van der Waals surface area contributed by atoms with E-state index in [4.69, 9.17) is 10.5 Å². The molecule has 0 bridgehead atoms. The molecule has 1 aromatic rings. The van der Waals surface area contributed by atoms with Crippen molar-refractivity contribution in [3.63, 3.8) is 0 Å². The number of nitrogens with zero attached hydrogens (tertiary/aromatic N) is 1. The van der Waals surface area contributed by atoms with Gasteiger partial charge in [0.1, 0.15) is 6.61 Å². The molecule has 2 N–H and O–H groups in total. The highest BCUT2D eigenvalue weighted by Gasteiger charge is 2.22. The van der Waals surface area contributed by atoms with Crippen LogP contribution in [-0.2, 0) is 9.84 Å². The lowest BCUT2D eigenvalue weighted by Crippen LogP contribution is -2.18. The molecule has 0 amide bonds.